The predicted molar refractivity (Wildman–Crippen MR) is 114 cm³/mol. The molecule has 4 rings (SSSR count). The summed E-state index contributed by atoms with van der Waals surface area (Å²) in [5, 5.41) is 0.674. The lowest BCUT2D eigenvalue weighted by Crippen LogP contribution is -2.46. The minimum absolute atomic E-state index is 0.188. The van der Waals surface area contributed by atoms with Gasteiger partial charge in [0.1, 0.15) is 5.70 Å². The van der Waals surface area contributed by atoms with Crippen LogP contribution < -0.4 is 0 Å². The molecule has 0 radical (unpaired) electrons. The van der Waals surface area contributed by atoms with Crippen molar-refractivity contribution < 1.29 is 9.59 Å². The van der Waals surface area contributed by atoms with E-state index in [9.17, 15) is 9.59 Å². The molecule has 2 aromatic carbocycles. The van der Waals surface area contributed by atoms with Gasteiger partial charge in [-0.3, -0.25) is 14.5 Å². The lowest BCUT2D eigenvalue weighted by atomic mass is 10.0. The molecule has 1 saturated heterocycles. The van der Waals surface area contributed by atoms with Crippen LogP contribution >= 0.6 is 11.6 Å². The Labute approximate surface area is 176 Å². The van der Waals surface area contributed by atoms with Gasteiger partial charge in [0.05, 0.1) is 5.57 Å². The van der Waals surface area contributed by atoms with E-state index in [2.05, 4.69) is 16.8 Å². The number of amides is 2. The van der Waals surface area contributed by atoms with E-state index < -0.39 is 0 Å². The van der Waals surface area contributed by atoms with Crippen molar-refractivity contribution in [2.24, 2.45) is 0 Å². The first kappa shape index (κ1) is 19.7. The van der Waals surface area contributed by atoms with Crippen molar-refractivity contribution in [2.45, 2.75) is 6.42 Å². The molecule has 1 fully saturated rings. The number of rotatable bonds is 5. The summed E-state index contributed by atoms with van der Waals surface area (Å²) in [6.07, 6.45) is 0.604. The highest BCUT2D eigenvalue weighted by Gasteiger charge is 2.41. The molecule has 0 bridgehead atoms. The summed E-state index contributed by atoms with van der Waals surface area (Å²) < 4.78 is 0. The summed E-state index contributed by atoms with van der Waals surface area (Å²) in [7, 11) is 2.07. The molecule has 0 atom stereocenters. The van der Waals surface area contributed by atoms with Gasteiger partial charge in [0, 0.05) is 37.7 Å². The van der Waals surface area contributed by atoms with E-state index in [1.165, 1.54) is 4.90 Å². The van der Waals surface area contributed by atoms with Gasteiger partial charge in [-0.05, 0) is 36.7 Å². The van der Waals surface area contributed by atoms with Crippen LogP contribution in [0, 0.1) is 0 Å². The molecule has 2 aliphatic rings. The van der Waals surface area contributed by atoms with Gasteiger partial charge in [-0.15, -0.1) is 0 Å². The third-order valence-electron chi connectivity index (χ3n) is 5.56. The highest BCUT2D eigenvalue weighted by Crippen LogP contribution is 2.32. The van der Waals surface area contributed by atoms with Gasteiger partial charge in [-0.25, -0.2) is 0 Å². The summed E-state index contributed by atoms with van der Waals surface area (Å²) in [6.45, 7) is 3.58. The zero-order chi connectivity index (χ0) is 20.4. The van der Waals surface area contributed by atoms with Gasteiger partial charge in [-0.1, -0.05) is 54.1 Å². The number of nitrogens with zero attached hydrogens (tertiary/aromatic N) is 3. The average Bonchev–Trinajstić information content (AvgIpc) is 2.99. The van der Waals surface area contributed by atoms with Crippen LogP contribution in [0.1, 0.15) is 11.1 Å². The molecule has 0 unspecified atom stereocenters. The number of likely N-dealkylation sites (N-methyl/N-ethyl adjacent to an activating group) is 1. The maximum Gasteiger partial charge on any atom is 0.277 e. The standard InChI is InChI=1S/C23H24ClN3O2/c1-25-13-15-26(16-14-25)21-20(18-5-3-2-4-6-18)22(28)27(23(21)29)12-11-17-7-9-19(24)10-8-17/h2-10H,11-16H2,1H3. The van der Waals surface area contributed by atoms with Crippen molar-refractivity contribution in [1.82, 2.24) is 14.7 Å². The summed E-state index contributed by atoms with van der Waals surface area (Å²) in [4.78, 5) is 32.3. The van der Waals surface area contributed by atoms with Crippen LogP contribution in [0.4, 0.5) is 0 Å². The van der Waals surface area contributed by atoms with Gasteiger partial charge in [-0.2, -0.15) is 0 Å². The lowest BCUT2D eigenvalue weighted by Gasteiger charge is -2.34. The molecule has 0 spiro atoms. The molecule has 2 aliphatic heterocycles. The molecular weight excluding hydrogens is 386 g/mol. The van der Waals surface area contributed by atoms with Crippen LogP contribution in [-0.2, 0) is 16.0 Å². The number of imide groups is 1. The second kappa shape index (κ2) is 8.39. The maximum atomic E-state index is 13.3. The van der Waals surface area contributed by atoms with Gasteiger partial charge < -0.3 is 9.80 Å². The molecule has 5 nitrogen and oxygen atoms in total. The Morgan fingerprint density at radius 2 is 1.52 bits per heavy atom. The number of hydrogen-bond acceptors (Lipinski definition) is 4. The van der Waals surface area contributed by atoms with E-state index in [1.54, 1.807) is 0 Å². The average molecular weight is 410 g/mol. The second-order valence-corrected chi connectivity index (χ2v) is 7.95. The summed E-state index contributed by atoms with van der Waals surface area (Å²) >= 11 is 5.95. The molecule has 2 aromatic rings. The molecule has 0 aliphatic carbocycles. The normalized spacial score (nSPS) is 18.1. The van der Waals surface area contributed by atoms with Crippen molar-refractivity contribution in [2.75, 3.05) is 39.8 Å². The van der Waals surface area contributed by atoms with Crippen LogP contribution in [0.25, 0.3) is 5.57 Å². The molecule has 6 heteroatoms. The van der Waals surface area contributed by atoms with Crippen molar-refractivity contribution in [3.05, 3.63) is 76.4 Å². The maximum absolute atomic E-state index is 13.3. The van der Waals surface area contributed by atoms with Crippen LogP contribution in [0.3, 0.4) is 0 Å². The molecule has 0 N–H and O–H groups in total. The molecule has 150 valence electrons. The molecule has 0 aromatic heterocycles. The Bertz CT molecular complexity index is 932. The third kappa shape index (κ3) is 4.07. The summed E-state index contributed by atoms with van der Waals surface area (Å²) in [6, 6.07) is 17.0. The first-order chi connectivity index (χ1) is 14.0. The van der Waals surface area contributed by atoms with Crippen molar-refractivity contribution in [1.29, 1.82) is 0 Å². The monoisotopic (exact) mass is 409 g/mol. The van der Waals surface area contributed by atoms with Gasteiger partial charge in [0.15, 0.2) is 0 Å². The zero-order valence-corrected chi connectivity index (χ0v) is 17.2. The molecule has 2 amide bonds. The Balaban J connectivity index is 1.61. The number of carbonyl (C=O) groups excluding carboxylic acids is 2. The van der Waals surface area contributed by atoms with Crippen molar-refractivity contribution in [3.63, 3.8) is 0 Å². The number of hydrogen-bond donors (Lipinski definition) is 0. The highest BCUT2D eigenvalue weighted by molar-refractivity contribution is 6.35. The zero-order valence-electron chi connectivity index (χ0n) is 16.5. The number of halogens is 1. The Kier molecular flexibility index (Phi) is 5.69. The minimum atomic E-state index is -0.205. The van der Waals surface area contributed by atoms with Crippen molar-refractivity contribution >= 4 is 29.0 Å². The highest BCUT2D eigenvalue weighted by atomic mass is 35.5. The Morgan fingerprint density at radius 3 is 2.17 bits per heavy atom. The minimum Gasteiger partial charge on any atom is -0.364 e. The van der Waals surface area contributed by atoms with E-state index in [-0.39, 0.29) is 11.8 Å². The quantitative estimate of drug-likeness (QED) is 0.712. The van der Waals surface area contributed by atoms with Crippen LogP contribution in [-0.4, -0.2) is 66.3 Å². The molecule has 0 saturated carbocycles. The predicted octanol–water partition coefficient (Wildman–Crippen LogP) is 2.91. The Hall–Kier alpha value is -2.63. The van der Waals surface area contributed by atoms with E-state index in [0.29, 0.717) is 29.3 Å². The molecule has 29 heavy (non-hydrogen) atoms. The fourth-order valence-electron chi connectivity index (χ4n) is 3.85. The SMILES string of the molecule is CN1CCN(C2=C(c3ccccc3)C(=O)N(CCc3ccc(Cl)cc3)C2=O)CC1. The van der Waals surface area contributed by atoms with E-state index in [4.69, 9.17) is 11.6 Å². The van der Waals surface area contributed by atoms with Crippen LogP contribution in [0.5, 0.6) is 0 Å². The van der Waals surface area contributed by atoms with Gasteiger partial charge >= 0.3 is 0 Å². The van der Waals surface area contributed by atoms with Crippen LogP contribution in [0.15, 0.2) is 60.3 Å². The number of carbonyl (C=O) groups is 2. The van der Waals surface area contributed by atoms with Gasteiger partial charge in [0.25, 0.3) is 11.8 Å². The first-order valence-corrected chi connectivity index (χ1v) is 10.3. The lowest BCUT2D eigenvalue weighted by molar-refractivity contribution is -0.137. The Morgan fingerprint density at radius 1 is 0.862 bits per heavy atom. The summed E-state index contributed by atoms with van der Waals surface area (Å²) in [5.74, 6) is -0.392. The molecule has 2 heterocycles. The fourth-order valence-corrected chi connectivity index (χ4v) is 3.97. The fraction of sp³-hybridized carbons (Fsp3) is 0.304. The molecular formula is C23H24ClN3O2. The van der Waals surface area contributed by atoms with Crippen molar-refractivity contribution in [3.8, 4) is 0 Å². The first-order valence-electron chi connectivity index (χ1n) is 9.88. The number of benzene rings is 2. The number of piperazine rings is 1. The van der Waals surface area contributed by atoms with Crippen LogP contribution in [0.2, 0.25) is 5.02 Å². The van der Waals surface area contributed by atoms with Gasteiger partial charge in [0.2, 0.25) is 0 Å². The smallest absolute Gasteiger partial charge is 0.277 e. The largest absolute Gasteiger partial charge is 0.364 e. The van der Waals surface area contributed by atoms with E-state index in [0.717, 1.165) is 37.3 Å². The summed E-state index contributed by atoms with van der Waals surface area (Å²) in [5.41, 5.74) is 2.92. The third-order valence-corrected chi connectivity index (χ3v) is 5.81. The van der Waals surface area contributed by atoms with E-state index >= 15 is 0 Å². The topological polar surface area (TPSA) is 43.9 Å². The second-order valence-electron chi connectivity index (χ2n) is 7.52. The van der Waals surface area contributed by atoms with E-state index in [1.807, 2.05) is 54.6 Å².